The largest absolute Gasteiger partial charge is 0.272 e. The summed E-state index contributed by atoms with van der Waals surface area (Å²) in [6.07, 6.45) is 0. The van der Waals surface area contributed by atoms with Gasteiger partial charge in [-0.15, -0.1) is 0 Å². The van der Waals surface area contributed by atoms with E-state index in [4.69, 9.17) is 0 Å². The topological polar surface area (TPSA) is 29.4 Å². The van der Waals surface area contributed by atoms with E-state index < -0.39 is 0 Å². The lowest BCUT2D eigenvalue weighted by atomic mass is 10.2. The summed E-state index contributed by atoms with van der Waals surface area (Å²) >= 11 is 4.62. The molecule has 1 aliphatic heterocycles. The second-order valence-corrected chi connectivity index (χ2v) is 4.54. The standard InChI is InChI=1S/C9H5BrFNOS/c10-7-2-1-5(11)3-6(7)9-12-8(13)4-14-9/h1-3H,4H2. The molecule has 2 rings (SSSR count). The number of carbonyl (C=O) groups is 1. The van der Waals surface area contributed by atoms with Crippen LogP contribution >= 0.6 is 27.7 Å². The van der Waals surface area contributed by atoms with Gasteiger partial charge in [0, 0.05) is 10.0 Å². The van der Waals surface area contributed by atoms with Gasteiger partial charge >= 0.3 is 0 Å². The zero-order valence-corrected chi connectivity index (χ0v) is 9.36. The van der Waals surface area contributed by atoms with Crippen LogP contribution in [0, 0.1) is 5.82 Å². The molecule has 72 valence electrons. The van der Waals surface area contributed by atoms with Crippen molar-refractivity contribution in [3.8, 4) is 0 Å². The van der Waals surface area contributed by atoms with E-state index in [-0.39, 0.29) is 11.7 Å². The maximum atomic E-state index is 12.9. The van der Waals surface area contributed by atoms with Crippen LogP contribution in [0.25, 0.3) is 0 Å². The van der Waals surface area contributed by atoms with Gasteiger partial charge in [-0.25, -0.2) is 9.38 Å². The Morgan fingerprint density at radius 2 is 2.29 bits per heavy atom. The molecule has 1 amide bonds. The summed E-state index contributed by atoms with van der Waals surface area (Å²) in [6, 6.07) is 4.33. The van der Waals surface area contributed by atoms with Crippen LogP contribution in [0.4, 0.5) is 4.39 Å². The molecule has 0 spiro atoms. The zero-order valence-electron chi connectivity index (χ0n) is 6.96. The van der Waals surface area contributed by atoms with Gasteiger partial charge in [0.05, 0.1) is 5.75 Å². The first-order valence-corrected chi connectivity index (χ1v) is 5.64. The second-order valence-electron chi connectivity index (χ2n) is 2.72. The second kappa shape index (κ2) is 3.82. The van der Waals surface area contributed by atoms with Gasteiger partial charge in [-0.05, 0) is 18.2 Å². The Morgan fingerprint density at radius 3 is 2.93 bits per heavy atom. The Morgan fingerprint density at radius 1 is 1.50 bits per heavy atom. The highest BCUT2D eigenvalue weighted by Gasteiger charge is 2.18. The Bertz CT molecular complexity index is 433. The third-order valence-corrected chi connectivity index (χ3v) is 3.38. The van der Waals surface area contributed by atoms with Crippen molar-refractivity contribution >= 4 is 38.6 Å². The third kappa shape index (κ3) is 1.88. The van der Waals surface area contributed by atoms with Gasteiger partial charge < -0.3 is 0 Å². The average molecular weight is 274 g/mol. The highest BCUT2D eigenvalue weighted by atomic mass is 79.9. The Kier molecular flexibility index (Phi) is 2.69. The fourth-order valence-corrected chi connectivity index (χ4v) is 2.49. The smallest absolute Gasteiger partial charge is 0.257 e. The van der Waals surface area contributed by atoms with E-state index in [0.717, 1.165) is 4.47 Å². The monoisotopic (exact) mass is 273 g/mol. The van der Waals surface area contributed by atoms with Crippen LogP contribution in [0.15, 0.2) is 27.7 Å². The molecule has 1 aromatic carbocycles. The minimum atomic E-state index is -0.328. The predicted molar refractivity (Wildman–Crippen MR) is 58.1 cm³/mol. The molecule has 5 heteroatoms. The van der Waals surface area contributed by atoms with Gasteiger partial charge in [0.1, 0.15) is 10.9 Å². The summed E-state index contributed by atoms with van der Waals surface area (Å²) in [6.45, 7) is 0. The molecule has 1 aromatic rings. The third-order valence-electron chi connectivity index (χ3n) is 1.72. The molecule has 1 aliphatic rings. The van der Waals surface area contributed by atoms with Gasteiger partial charge in [-0.1, -0.05) is 27.7 Å². The zero-order chi connectivity index (χ0) is 10.1. The number of amides is 1. The first-order valence-electron chi connectivity index (χ1n) is 3.86. The molecule has 0 N–H and O–H groups in total. The number of thioether (sulfide) groups is 1. The molecule has 14 heavy (non-hydrogen) atoms. The van der Waals surface area contributed by atoms with Crippen LogP contribution < -0.4 is 0 Å². The highest BCUT2D eigenvalue weighted by Crippen LogP contribution is 2.26. The summed E-state index contributed by atoms with van der Waals surface area (Å²) in [7, 11) is 0. The normalized spacial score (nSPS) is 15.9. The molecule has 0 saturated carbocycles. The van der Waals surface area contributed by atoms with E-state index in [1.165, 1.54) is 23.9 Å². The summed E-state index contributed by atoms with van der Waals surface area (Å²) in [5, 5.41) is 0.585. The molecule has 0 aliphatic carbocycles. The van der Waals surface area contributed by atoms with Crippen LogP contribution in [-0.2, 0) is 4.79 Å². The molecule has 0 bridgehead atoms. The van der Waals surface area contributed by atoms with Crippen molar-refractivity contribution in [1.82, 2.24) is 0 Å². The SMILES string of the molecule is O=C1CSC(c2cc(F)ccc2Br)=N1. The van der Waals surface area contributed by atoms with E-state index in [0.29, 0.717) is 16.4 Å². The molecule has 0 unspecified atom stereocenters. The van der Waals surface area contributed by atoms with Crippen molar-refractivity contribution in [2.45, 2.75) is 0 Å². The molecular formula is C9H5BrFNOS. The van der Waals surface area contributed by atoms with Crippen molar-refractivity contribution in [3.05, 3.63) is 34.1 Å². The Balaban J connectivity index is 2.46. The van der Waals surface area contributed by atoms with E-state index in [1.54, 1.807) is 6.07 Å². The average Bonchev–Trinajstić information content (AvgIpc) is 2.56. The van der Waals surface area contributed by atoms with Crippen LogP contribution in [0.3, 0.4) is 0 Å². The van der Waals surface area contributed by atoms with Crippen molar-refractivity contribution in [3.63, 3.8) is 0 Å². The molecule has 0 saturated heterocycles. The number of hydrogen-bond acceptors (Lipinski definition) is 2. The molecular weight excluding hydrogens is 269 g/mol. The van der Waals surface area contributed by atoms with Crippen LogP contribution in [0.2, 0.25) is 0 Å². The molecule has 0 fully saturated rings. The van der Waals surface area contributed by atoms with E-state index in [2.05, 4.69) is 20.9 Å². The summed E-state index contributed by atoms with van der Waals surface area (Å²) in [4.78, 5) is 14.7. The fourth-order valence-electron chi connectivity index (χ4n) is 1.11. The van der Waals surface area contributed by atoms with Crippen molar-refractivity contribution < 1.29 is 9.18 Å². The lowest BCUT2D eigenvalue weighted by molar-refractivity contribution is -0.115. The predicted octanol–water partition coefficient (Wildman–Crippen LogP) is 2.61. The van der Waals surface area contributed by atoms with E-state index in [9.17, 15) is 9.18 Å². The number of hydrogen-bond donors (Lipinski definition) is 0. The maximum Gasteiger partial charge on any atom is 0.257 e. The van der Waals surface area contributed by atoms with Crippen molar-refractivity contribution in [2.24, 2.45) is 4.99 Å². The Hall–Kier alpha value is -0.680. The minimum absolute atomic E-state index is 0.166. The van der Waals surface area contributed by atoms with E-state index >= 15 is 0 Å². The number of nitrogens with zero attached hydrogens (tertiary/aromatic N) is 1. The lowest BCUT2D eigenvalue weighted by Gasteiger charge is -2.02. The van der Waals surface area contributed by atoms with Crippen molar-refractivity contribution in [1.29, 1.82) is 0 Å². The minimum Gasteiger partial charge on any atom is -0.272 e. The molecule has 0 aromatic heterocycles. The van der Waals surface area contributed by atoms with Crippen LogP contribution in [-0.4, -0.2) is 16.7 Å². The summed E-state index contributed by atoms with van der Waals surface area (Å²) in [5.74, 6) is -0.148. The van der Waals surface area contributed by atoms with Crippen LogP contribution in [0.5, 0.6) is 0 Å². The highest BCUT2D eigenvalue weighted by molar-refractivity contribution is 9.10. The quantitative estimate of drug-likeness (QED) is 0.787. The van der Waals surface area contributed by atoms with Crippen molar-refractivity contribution in [2.75, 3.05) is 5.75 Å². The van der Waals surface area contributed by atoms with Gasteiger partial charge in [-0.3, -0.25) is 4.79 Å². The van der Waals surface area contributed by atoms with Gasteiger partial charge in [0.2, 0.25) is 0 Å². The summed E-state index contributed by atoms with van der Waals surface area (Å²) < 4.78 is 13.7. The molecule has 1 heterocycles. The molecule has 0 atom stereocenters. The first-order chi connectivity index (χ1) is 6.66. The maximum absolute atomic E-state index is 12.9. The summed E-state index contributed by atoms with van der Waals surface area (Å²) in [5.41, 5.74) is 0.640. The number of halogens is 2. The number of carbonyl (C=O) groups excluding carboxylic acids is 1. The van der Waals surface area contributed by atoms with Gasteiger partial charge in [0.25, 0.3) is 5.91 Å². The van der Waals surface area contributed by atoms with E-state index in [1.807, 2.05) is 0 Å². The number of benzene rings is 1. The molecule has 2 nitrogen and oxygen atoms in total. The molecule has 0 radical (unpaired) electrons. The van der Waals surface area contributed by atoms with Gasteiger partial charge in [-0.2, -0.15) is 0 Å². The Labute approximate surface area is 92.7 Å². The number of rotatable bonds is 1. The fraction of sp³-hybridized carbons (Fsp3) is 0.111. The lowest BCUT2D eigenvalue weighted by Crippen LogP contribution is -1.94. The van der Waals surface area contributed by atoms with Crippen LogP contribution in [0.1, 0.15) is 5.56 Å². The number of aliphatic imine (C=N–C) groups is 1. The first kappa shape index (κ1) is 9.86. The van der Waals surface area contributed by atoms with Gasteiger partial charge in [0.15, 0.2) is 0 Å².